The van der Waals surface area contributed by atoms with Gasteiger partial charge < -0.3 is 5.43 Å². The highest BCUT2D eigenvalue weighted by atomic mass is 15.5. The molecule has 1 saturated heterocycles. The first-order valence-electron chi connectivity index (χ1n) is 4.93. The highest BCUT2D eigenvalue weighted by molar-refractivity contribution is 5.40. The molecule has 1 heterocycles. The van der Waals surface area contributed by atoms with Gasteiger partial charge in [-0.05, 0) is 18.9 Å². The third kappa shape index (κ3) is 2.46. The van der Waals surface area contributed by atoms with Gasteiger partial charge in [-0.25, -0.2) is 5.01 Å². The summed E-state index contributed by atoms with van der Waals surface area (Å²) in [5.41, 5.74) is 4.43. The molecular weight excluding hydrogens is 160 g/mol. The minimum absolute atomic E-state index is 1.07. The molecule has 0 saturated carbocycles. The smallest absolute Gasteiger partial charge is 0.0569 e. The Kier molecular flexibility index (Phi) is 2.82. The van der Waals surface area contributed by atoms with E-state index in [4.69, 9.17) is 0 Å². The zero-order chi connectivity index (χ0) is 8.93. The van der Waals surface area contributed by atoms with E-state index < -0.39 is 0 Å². The molecule has 1 aliphatic heterocycles. The second kappa shape index (κ2) is 4.28. The Balaban J connectivity index is 1.90. The van der Waals surface area contributed by atoms with Gasteiger partial charge in [-0.15, -0.1) is 0 Å². The van der Waals surface area contributed by atoms with Crippen LogP contribution in [0.15, 0.2) is 24.3 Å². The van der Waals surface area contributed by atoms with Gasteiger partial charge in [0.15, 0.2) is 0 Å². The van der Waals surface area contributed by atoms with E-state index in [2.05, 4.69) is 22.6 Å². The molecule has 1 radical (unpaired) electrons. The number of hydrogen-bond acceptors (Lipinski definition) is 2. The number of benzene rings is 1. The summed E-state index contributed by atoms with van der Waals surface area (Å²) in [5.74, 6) is 0. The molecule has 1 fully saturated rings. The lowest BCUT2D eigenvalue weighted by Crippen LogP contribution is -2.34. The van der Waals surface area contributed by atoms with Gasteiger partial charge in [0.05, 0.1) is 5.69 Å². The fourth-order valence-corrected chi connectivity index (χ4v) is 1.64. The number of nitrogens with zero attached hydrogens (tertiary/aromatic N) is 1. The van der Waals surface area contributed by atoms with E-state index in [0.717, 1.165) is 18.8 Å². The normalized spacial score (nSPS) is 18.5. The fraction of sp³-hybridized carbons (Fsp3) is 0.455. The van der Waals surface area contributed by atoms with Crippen molar-refractivity contribution in [2.75, 3.05) is 18.5 Å². The summed E-state index contributed by atoms with van der Waals surface area (Å²) in [4.78, 5) is 0. The SMILES string of the molecule is [c]1ccccc1NN1CCCCC1. The second-order valence-electron chi connectivity index (χ2n) is 3.44. The minimum atomic E-state index is 1.07. The van der Waals surface area contributed by atoms with Gasteiger partial charge in [0.1, 0.15) is 0 Å². The quantitative estimate of drug-likeness (QED) is 0.742. The molecule has 0 amide bonds. The molecule has 0 bridgehead atoms. The maximum Gasteiger partial charge on any atom is 0.0569 e. The Morgan fingerprint density at radius 1 is 1.15 bits per heavy atom. The predicted octanol–water partition coefficient (Wildman–Crippen LogP) is 2.30. The lowest BCUT2D eigenvalue weighted by molar-refractivity contribution is 0.273. The van der Waals surface area contributed by atoms with Gasteiger partial charge in [0, 0.05) is 19.2 Å². The number of rotatable bonds is 2. The molecule has 0 atom stereocenters. The number of hydrogen-bond donors (Lipinski definition) is 1. The van der Waals surface area contributed by atoms with E-state index in [1.54, 1.807) is 0 Å². The Morgan fingerprint density at radius 2 is 2.00 bits per heavy atom. The molecule has 69 valence electrons. The number of piperidine rings is 1. The molecule has 1 N–H and O–H groups in total. The van der Waals surface area contributed by atoms with Crippen LogP contribution in [0.1, 0.15) is 19.3 Å². The van der Waals surface area contributed by atoms with Gasteiger partial charge in [-0.3, -0.25) is 0 Å². The monoisotopic (exact) mass is 175 g/mol. The van der Waals surface area contributed by atoms with Crippen molar-refractivity contribution in [1.29, 1.82) is 0 Å². The molecule has 0 aromatic heterocycles. The van der Waals surface area contributed by atoms with Gasteiger partial charge in [-0.1, -0.05) is 24.6 Å². The van der Waals surface area contributed by atoms with Crippen LogP contribution in [0.4, 0.5) is 5.69 Å². The number of anilines is 1. The third-order valence-electron chi connectivity index (χ3n) is 2.34. The molecule has 0 aliphatic carbocycles. The lowest BCUT2D eigenvalue weighted by Gasteiger charge is -2.27. The molecule has 2 rings (SSSR count). The zero-order valence-electron chi connectivity index (χ0n) is 7.79. The van der Waals surface area contributed by atoms with E-state index in [1.807, 2.05) is 18.2 Å². The summed E-state index contributed by atoms with van der Waals surface area (Å²) in [5, 5.41) is 2.27. The molecule has 13 heavy (non-hydrogen) atoms. The Labute approximate surface area is 79.5 Å². The molecule has 2 heteroatoms. The Hall–Kier alpha value is -1.02. The average molecular weight is 175 g/mol. The largest absolute Gasteiger partial charge is 0.318 e. The van der Waals surface area contributed by atoms with Crippen LogP contribution >= 0.6 is 0 Å². The second-order valence-corrected chi connectivity index (χ2v) is 3.44. The summed E-state index contributed by atoms with van der Waals surface area (Å²) in [7, 11) is 0. The maximum atomic E-state index is 3.36. The van der Waals surface area contributed by atoms with Crippen LogP contribution in [-0.4, -0.2) is 18.1 Å². The number of nitrogens with one attached hydrogen (secondary N) is 1. The molecule has 2 nitrogen and oxygen atoms in total. The van der Waals surface area contributed by atoms with E-state index in [0.29, 0.717) is 0 Å². The van der Waals surface area contributed by atoms with Crippen molar-refractivity contribution < 1.29 is 0 Å². The first-order valence-corrected chi connectivity index (χ1v) is 4.93. The highest BCUT2D eigenvalue weighted by Gasteiger charge is 2.08. The topological polar surface area (TPSA) is 15.3 Å². The Morgan fingerprint density at radius 3 is 2.69 bits per heavy atom. The molecule has 0 spiro atoms. The summed E-state index contributed by atoms with van der Waals surface area (Å²) >= 11 is 0. The van der Waals surface area contributed by atoms with E-state index in [1.165, 1.54) is 19.3 Å². The summed E-state index contributed by atoms with van der Waals surface area (Å²) in [6, 6.07) is 11.2. The van der Waals surface area contributed by atoms with Gasteiger partial charge in [0.25, 0.3) is 0 Å². The van der Waals surface area contributed by atoms with E-state index in [9.17, 15) is 0 Å². The lowest BCUT2D eigenvalue weighted by atomic mass is 10.2. The molecule has 0 unspecified atom stereocenters. The van der Waals surface area contributed by atoms with Crippen molar-refractivity contribution in [3.05, 3.63) is 30.3 Å². The zero-order valence-corrected chi connectivity index (χ0v) is 7.79. The van der Waals surface area contributed by atoms with E-state index in [-0.39, 0.29) is 0 Å². The van der Waals surface area contributed by atoms with Crippen LogP contribution in [0.5, 0.6) is 0 Å². The average Bonchev–Trinajstić information content (AvgIpc) is 2.21. The van der Waals surface area contributed by atoms with Crippen molar-refractivity contribution in [3.63, 3.8) is 0 Å². The minimum Gasteiger partial charge on any atom is -0.318 e. The predicted molar refractivity (Wildman–Crippen MR) is 54.3 cm³/mol. The van der Waals surface area contributed by atoms with Crippen LogP contribution in [0.3, 0.4) is 0 Å². The summed E-state index contributed by atoms with van der Waals surface area (Å²) in [6.07, 6.45) is 3.98. The first-order chi connectivity index (χ1) is 6.45. The first kappa shape index (κ1) is 8.57. The van der Waals surface area contributed by atoms with Gasteiger partial charge in [-0.2, -0.15) is 0 Å². The molecule has 1 aromatic carbocycles. The van der Waals surface area contributed by atoms with Crippen molar-refractivity contribution in [1.82, 2.24) is 5.01 Å². The fourth-order valence-electron chi connectivity index (χ4n) is 1.64. The van der Waals surface area contributed by atoms with Gasteiger partial charge in [0.2, 0.25) is 0 Å². The van der Waals surface area contributed by atoms with Crippen LogP contribution < -0.4 is 5.43 Å². The van der Waals surface area contributed by atoms with Gasteiger partial charge >= 0.3 is 0 Å². The van der Waals surface area contributed by atoms with Crippen molar-refractivity contribution in [2.45, 2.75) is 19.3 Å². The molecule has 1 aliphatic rings. The Bertz CT molecular complexity index is 240. The molecular formula is C11H15N2. The van der Waals surface area contributed by atoms with Crippen molar-refractivity contribution in [2.24, 2.45) is 0 Å². The summed E-state index contributed by atoms with van der Waals surface area (Å²) < 4.78 is 0. The van der Waals surface area contributed by atoms with Crippen LogP contribution in [0.25, 0.3) is 0 Å². The number of hydrazine groups is 1. The van der Waals surface area contributed by atoms with Crippen LogP contribution in [0.2, 0.25) is 0 Å². The maximum absolute atomic E-state index is 3.36. The molecule has 1 aromatic rings. The van der Waals surface area contributed by atoms with E-state index >= 15 is 0 Å². The van der Waals surface area contributed by atoms with Crippen LogP contribution in [-0.2, 0) is 0 Å². The van der Waals surface area contributed by atoms with Crippen LogP contribution in [0, 0.1) is 6.07 Å². The standard InChI is InChI=1S/C11H15N2/c1-3-7-11(8-4-1)12-13-9-5-2-6-10-13/h1,3-4,7,12H,2,5-6,9-10H2. The third-order valence-corrected chi connectivity index (χ3v) is 2.34. The van der Waals surface area contributed by atoms with Crippen molar-refractivity contribution in [3.8, 4) is 0 Å². The van der Waals surface area contributed by atoms with Crippen molar-refractivity contribution >= 4 is 5.69 Å². The number of para-hydroxylation sites is 1. The highest BCUT2D eigenvalue weighted by Crippen LogP contribution is 2.11. The summed E-state index contributed by atoms with van der Waals surface area (Å²) in [6.45, 7) is 2.31.